The molecule has 0 amide bonds. The van der Waals surface area contributed by atoms with Crippen molar-refractivity contribution in [1.29, 1.82) is 0 Å². The second-order valence-electron chi connectivity index (χ2n) is 4.65. The predicted molar refractivity (Wildman–Crippen MR) is 78.0 cm³/mol. The Balaban J connectivity index is 2.98. The smallest absolute Gasteiger partial charge is 0.122 e. The first-order chi connectivity index (χ1) is 9.02. The molecule has 0 bridgehead atoms. The van der Waals surface area contributed by atoms with Crippen LogP contribution in [0.2, 0.25) is 5.02 Å². The third-order valence-corrected chi connectivity index (χ3v) is 4.10. The zero-order chi connectivity index (χ0) is 14.5. The molecule has 0 fully saturated rings. The van der Waals surface area contributed by atoms with Crippen molar-refractivity contribution in [2.45, 2.75) is 44.8 Å². The Morgan fingerprint density at radius 3 is 2.37 bits per heavy atom. The van der Waals surface area contributed by atoms with Crippen LogP contribution in [-0.4, -0.2) is 31.0 Å². The van der Waals surface area contributed by atoms with Gasteiger partial charge in [-0.15, -0.1) is 0 Å². The van der Waals surface area contributed by atoms with Crippen LogP contribution in [-0.2, 0) is 11.2 Å². The lowest BCUT2D eigenvalue weighted by Gasteiger charge is -2.35. The molecule has 0 aliphatic heterocycles. The molecular weight excluding hydrogens is 264 g/mol. The summed E-state index contributed by atoms with van der Waals surface area (Å²) in [5, 5.41) is 11.1. The quantitative estimate of drug-likeness (QED) is 0.834. The number of aliphatic hydroxyl groups is 1. The molecule has 0 saturated heterocycles. The minimum atomic E-state index is -0.597. The van der Waals surface area contributed by atoms with E-state index in [9.17, 15) is 5.11 Å². The molecule has 0 aromatic heterocycles. The number of methoxy groups -OCH3 is 2. The summed E-state index contributed by atoms with van der Waals surface area (Å²) in [6.07, 6.45) is 1.37. The van der Waals surface area contributed by atoms with Crippen molar-refractivity contribution in [3.05, 3.63) is 28.8 Å². The molecule has 108 valence electrons. The third-order valence-electron chi connectivity index (χ3n) is 3.87. The fourth-order valence-corrected chi connectivity index (χ4v) is 2.64. The average Bonchev–Trinajstić information content (AvgIpc) is 2.41. The van der Waals surface area contributed by atoms with Crippen molar-refractivity contribution >= 4 is 11.6 Å². The number of halogens is 1. The molecule has 1 N–H and O–H groups in total. The first-order valence-corrected chi connectivity index (χ1v) is 6.96. The van der Waals surface area contributed by atoms with Gasteiger partial charge in [-0.3, -0.25) is 0 Å². The van der Waals surface area contributed by atoms with Crippen molar-refractivity contribution < 1.29 is 14.6 Å². The van der Waals surface area contributed by atoms with Gasteiger partial charge in [-0.2, -0.15) is 0 Å². The molecule has 19 heavy (non-hydrogen) atoms. The zero-order valence-corrected chi connectivity index (χ0v) is 12.8. The second kappa shape index (κ2) is 7.13. The lowest BCUT2D eigenvalue weighted by Crippen LogP contribution is -2.44. The van der Waals surface area contributed by atoms with Gasteiger partial charge in [0, 0.05) is 18.6 Å². The number of hydrogen-bond donors (Lipinski definition) is 1. The van der Waals surface area contributed by atoms with Gasteiger partial charge in [-0.05, 0) is 36.6 Å². The Labute approximate surface area is 120 Å². The van der Waals surface area contributed by atoms with E-state index in [1.54, 1.807) is 20.3 Å². The fraction of sp³-hybridized carbons (Fsp3) is 0.600. The largest absolute Gasteiger partial charge is 0.496 e. The van der Waals surface area contributed by atoms with Crippen LogP contribution in [0.4, 0.5) is 0 Å². The summed E-state index contributed by atoms with van der Waals surface area (Å²) in [6, 6.07) is 5.42. The summed E-state index contributed by atoms with van der Waals surface area (Å²) >= 11 is 6.00. The first-order valence-electron chi connectivity index (χ1n) is 6.58. The van der Waals surface area contributed by atoms with E-state index in [2.05, 4.69) is 0 Å². The number of hydrogen-bond acceptors (Lipinski definition) is 3. The highest BCUT2D eigenvalue weighted by Gasteiger charge is 2.35. The van der Waals surface area contributed by atoms with E-state index >= 15 is 0 Å². The molecule has 1 atom stereocenters. The maximum atomic E-state index is 10.5. The maximum absolute atomic E-state index is 10.5. The van der Waals surface area contributed by atoms with Crippen molar-refractivity contribution in [3.8, 4) is 5.75 Å². The molecular formula is C15H23ClO3. The van der Waals surface area contributed by atoms with Crippen molar-refractivity contribution in [2.24, 2.45) is 0 Å². The Hall–Kier alpha value is -0.770. The van der Waals surface area contributed by atoms with E-state index in [0.29, 0.717) is 11.4 Å². The van der Waals surface area contributed by atoms with E-state index in [-0.39, 0.29) is 0 Å². The lowest BCUT2D eigenvalue weighted by atomic mass is 9.86. The summed E-state index contributed by atoms with van der Waals surface area (Å²) in [5.41, 5.74) is 0.374. The fourth-order valence-electron chi connectivity index (χ4n) is 2.45. The van der Waals surface area contributed by atoms with Gasteiger partial charge >= 0.3 is 0 Å². The summed E-state index contributed by atoms with van der Waals surface area (Å²) in [4.78, 5) is 0. The van der Waals surface area contributed by atoms with Crippen LogP contribution in [0.25, 0.3) is 0 Å². The van der Waals surface area contributed by atoms with E-state index in [1.807, 2.05) is 26.0 Å². The SMILES string of the molecule is CCC(CC)(OC)C(O)Cc1cc(Cl)ccc1OC. The third kappa shape index (κ3) is 3.62. The van der Waals surface area contributed by atoms with Gasteiger partial charge in [0.25, 0.3) is 0 Å². The highest BCUT2D eigenvalue weighted by atomic mass is 35.5. The average molecular weight is 287 g/mol. The van der Waals surface area contributed by atoms with Gasteiger partial charge < -0.3 is 14.6 Å². The number of benzene rings is 1. The first kappa shape index (κ1) is 16.3. The Morgan fingerprint density at radius 2 is 1.89 bits per heavy atom. The molecule has 0 saturated carbocycles. The minimum Gasteiger partial charge on any atom is -0.496 e. The van der Waals surface area contributed by atoms with Gasteiger partial charge in [0.05, 0.1) is 18.8 Å². The molecule has 0 aliphatic carbocycles. The molecule has 0 radical (unpaired) electrons. The van der Waals surface area contributed by atoms with Crippen molar-refractivity contribution in [2.75, 3.05) is 14.2 Å². The van der Waals surface area contributed by atoms with Crippen LogP contribution in [0.3, 0.4) is 0 Å². The molecule has 1 aromatic rings. The minimum absolute atomic E-state index is 0.458. The van der Waals surface area contributed by atoms with Crippen LogP contribution in [0.1, 0.15) is 32.3 Å². The zero-order valence-electron chi connectivity index (χ0n) is 12.1. The standard InChI is InChI=1S/C15H23ClO3/c1-5-15(6-2,19-4)14(17)10-11-9-12(16)7-8-13(11)18-3/h7-9,14,17H,5-6,10H2,1-4H3. The molecule has 4 heteroatoms. The van der Waals surface area contributed by atoms with Crippen LogP contribution in [0.15, 0.2) is 18.2 Å². The lowest BCUT2D eigenvalue weighted by molar-refractivity contribution is -0.106. The van der Waals surface area contributed by atoms with Crippen LogP contribution < -0.4 is 4.74 Å². The van der Waals surface area contributed by atoms with Crippen molar-refractivity contribution in [3.63, 3.8) is 0 Å². The number of rotatable bonds is 7. The topological polar surface area (TPSA) is 38.7 Å². The number of ether oxygens (including phenoxy) is 2. The van der Waals surface area contributed by atoms with Crippen LogP contribution >= 0.6 is 11.6 Å². The maximum Gasteiger partial charge on any atom is 0.122 e. The van der Waals surface area contributed by atoms with E-state index in [4.69, 9.17) is 21.1 Å². The molecule has 1 rings (SSSR count). The van der Waals surface area contributed by atoms with E-state index in [0.717, 1.165) is 24.2 Å². The van der Waals surface area contributed by atoms with Gasteiger partial charge in [-0.25, -0.2) is 0 Å². The van der Waals surface area contributed by atoms with Gasteiger partial charge in [0.1, 0.15) is 5.75 Å². The van der Waals surface area contributed by atoms with E-state index < -0.39 is 11.7 Å². The molecule has 1 unspecified atom stereocenters. The van der Waals surface area contributed by atoms with Crippen molar-refractivity contribution in [1.82, 2.24) is 0 Å². The van der Waals surface area contributed by atoms with E-state index in [1.165, 1.54) is 0 Å². The monoisotopic (exact) mass is 286 g/mol. The number of aliphatic hydroxyl groups excluding tert-OH is 1. The summed E-state index contributed by atoms with van der Waals surface area (Å²) in [6.45, 7) is 4.04. The van der Waals surface area contributed by atoms with Crippen LogP contribution in [0, 0.1) is 0 Å². The summed E-state index contributed by atoms with van der Waals surface area (Å²) < 4.78 is 10.9. The van der Waals surface area contributed by atoms with Gasteiger partial charge in [-0.1, -0.05) is 25.4 Å². The highest BCUT2D eigenvalue weighted by molar-refractivity contribution is 6.30. The van der Waals surface area contributed by atoms with Gasteiger partial charge in [0.2, 0.25) is 0 Å². The molecule has 3 nitrogen and oxygen atoms in total. The predicted octanol–water partition coefficient (Wildman–Crippen LogP) is 3.46. The summed E-state index contributed by atoms with van der Waals surface area (Å²) in [5.74, 6) is 0.737. The van der Waals surface area contributed by atoms with Crippen LogP contribution in [0.5, 0.6) is 5.75 Å². The Kier molecular flexibility index (Phi) is 6.11. The Morgan fingerprint density at radius 1 is 1.26 bits per heavy atom. The highest BCUT2D eigenvalue weighted by Crippen LogP contribution is 2.30. The van der Waals surface area contributed by atoms with Gasteiger partial charge in [0.15, 0.2) is 0 Å². The normalized spacial score (nSPS) is 13.4. The molecule has 0 heterocycles. The molecule has 0 spiro atoms. The second-order valence-corrected chi connectivity index (χ2v) is 5.09. The summed E-state index contributed by atoms with van der Waals surface area (Å²) in [7, 11) is 3.26. The molecule has 0 aliphatic rings. The Bertz CT molecular complexity index is 394. The molecule has 1 aromatic carbocycles.